The number of pyridine rings is 1. The van der Waals surface area contributed by atoms with Gasteiger partial charge in [0.2, 0.25) is 0 Å². The van der Waals surface area contributed by atoms with Gasteiger partial charge in [0.25, 0.3) is 0 Å². The van der Waals surface area contributed by atoms with Gasteiger partial charge in [-0.1, -0.05) is 13.0 Å². The summed E-state index contributed by atoms with van der Waals surface area (Å²) in [6.07, 6.45) is 3.10. The Labute approximate surface area is 126 Å². The Kier molecular flexibility index (Phi) is 5.83. The normalized spacial score (nSPS) is 11.4. The maximum absolute atomic E-state index is 6.08. The van der Waals surface area contributed by atoms with Crippen molar-refractivity contribution < 1.29 is 0 Å². The largest absolute Gasteiger partial charge is 0.394 e. The van der Waals surface area contributed by atoms with Crippen LogP contribution in [0, 0.1) is 0 Å². The molecule has 0 saturated carbocycles. The monoisotopic (exact) mass is 290 g/mol. The standard InChI is InChI=1S/C15H26N6/c1-3-10-20(2)12-9-17-7-8-18-15-14(16)13-6-4-5-11-21(13)19-15/h4-6,11,17H,3,7-10,12,16H2,1-2H3,(H,18,19). The summed E-state index contributed by atoms with van der Waals surface area (Å²) in [6.45, 7) is 7.13. The predicted molar refractivity (Wildman–Crippen MR) is 88.8 cm³/mol. The van der Waals surface area contributed by atoms with Crippen molar-refractivity contribution in [3.05, 3.63) is 24.4 Å². The van der Waals surface area contributed by atoms with Crippen molar-refractivity contribution in [3.63, 3.8) is 0 Å². The van der Waals surface area contributed by atoms with E-state index in [1.165, 1.54) is 6.42 Å². The first-order valence-electron chi connectivity index (χ1n) is 7.58. The number of hydrogen-bond donors (Lipinski definition) is 3. The van der Waals surface area contributed by atoms with Gasteiger partial charge in [0.05, 0.1) is 5.52 Å². The maximum atomic E-state index is 6.08. The average molecular weight is 290 g/mol. The van der Waals surface area contributed by atoms with Crippen LogP contribution in [0.1, 0.15) is 13.3 Å². The molecule has 2 heterocycles. The number of nitrogens with one attached hydrogen (secondary N) is 2. The van der Waals surface area contributed by atoms with Gasteiger partial charge in [-0.15, -0.1) is 5.10 Å². The van der Waals surface area contributed by atoms with Gasteiger partial charge in [-0.2, -0.15) is 0 Å². The summed E-state index contributed by atoms with van der Waals surface area (Å²) in [6, 6.07) is 5.87. The second-order valence-electron chi connectivity index (χ2n) is 5.27. The van der Waals surface area contributed by atoms with Crippen molar-refractivity contribution in [2.75, 3.05) is 50.8 Å². The number of likely N-dealkylation sites (N-methyl/N-ethyl adjacent to an activating group) is 1. The summed E-state index contributed by atoms with van der Waals surface area (Å²) in [5.74, 6) is 0.756. The molecule has 0 radical (unpaired) electrons. The maximum Gasteiger partial charge on any atom is 0.172 e. The quantitative estimate of drug-likeness (QED) is 0.607. The van der Waals surface area contributed by atoms with E-state index in [1.54, 1.807) is 4.52 Å². The Morgan fingerprint density at radius 3 is 2.86 bits per heavy atom. The summed E-state index contributed by atoms with van der Waals surface area (Å²) < 4.78 is 1.80. The lowest BCUT2D eigenvalue weighted by Crippen LogP contribution is -2.32. The van der Waals surface area contributed by atoms with E-state index >= 15 is 0 Å². The first kappa shape index (κ1) is 15.6. The molecule has 0 atom stereocenters. The number of aromatic nitrogens is 2. The van der Waals surface area contributed by atoms with E-state index in [4.69, 9.17) is 5.73 Å². The lowest BCUT2D eigenvalue weighted by atomic mass is 10.3. The van der Waals surface area contributed by atoms with Crippen LogP contribution >= 0.6 is 0 Å². The number of nitrogens with zero attached hydrogens (tertiary/aromatic N) is 3. The first-order chi connectivity index (χ1) is 10.2. The van der Waals surface area contributed by atoms with E-state index in [2.05, 4.69) is 34.6 Å². The Balaban J connectivity index is 1.69. The molecule has 0 aliphatic rings. The van der Waals surface area contributed by atoms with Gasteiger partial charge in [-0.25, -0.2) is 4.52 Å². The zero-order valence-electron chi connectivity index (χ0n) is 13.0. The fraction of sp³-hybridized carbons (Fsp3) is 0.533. The summed E-state index contributed by atoms with van der Waals surface area (Å²) >= 11 is 0. The van der Waals surface area contributed by atoms with Gasteiger partial charge in [0.15, 0.2) is 5.82 Å². The summed E-state index contributed by atoms with van der Waals surface area (Å²) in [5.41, 5.74) is 7.73. The fourth-order valence-corrected chi connectivity index (χ4v) is 2.31. The molecule has 2 aromatic heterocycles. The highest BCUT2D eigenvalue weighted by molar-refractivity contribution is 5.80. The average Bonchev–Trinajstić information content (AvgIpc) is 2.80. The van der Waals surface area contributed by atoms with Crippen LogP contribution in [0.5, 0.6) is 0 Å². The van der Waals surface area contributed by atoms with Crippen LogP contribution < -0.4 is 16.4 Å². The lowest BCUT2D eigenvalue weighted by molar-refractivity contribution is 0.333. The molecule has 0 aliphatic carbocycles. The highest BCUT2D eigenvalue weighted by Crippen LogP contribution is 2.21. The minimum Gasteiger partial charge on any atom is -0.394 e. The van der Waals surface area contributed by atoms with Gasteiger partial charge >= 0.3 is 0 Å². The van der Waals surface area contributed by atoms with Crippen molar-refractivity contribution in [3.8, 4) is 0 Å². The van der Waals surface area contributed by atoms with Crippen molar-refractivity contribution in [1.29, 1.82) is 0 Å². The van der Waals surface area contributed by atoms with Crippen molar-refractivity contribution in [2.24, 2.45) is 0 Å². The predicted octanol–water partition coefficient (Wildman–Crippen LogP) is 1.26. The van der Waals surface area contributed by atoms with Crippen LogP contribution in [0.2, 0.25) is 0 Å². The number of nitrogen functional groups attached to an aromatic ring is 1. The highest BCUT2D eigenvalue weighted by atomic mass is 15.3. The number of rotatable bonds is 9. The Morgan fingerprint density at radius 1 is 1.24 bits per heavy atom. The van der Waals surface area contributed by atoms with Crippen molar-refractivity contribution >= 4 is 17.0 Å². The van der Waals surface area contributed by atoms with Crippen LogP contribution in [-0.2, 0) is 0 Å². The molecule has 0 aromatic carbocycles. The van der Waals surface area contributed by atoms with Crippen LogP contribution in [0.25, 0.3) is 5.52 Å². The van der Waals surface area contributed by atoms with Crippen molar-refractivity contribution in [1.82, 2.24) is 19.8 Å². The molecule has 0 saturated heterocycles. The highest BCUT2D eigenvalue weighted by Gasteiger charge is 2.07. The van der Waals surface area contributed by atoms with Gasteiger partial charge < -0.3 is 21.3 Å². The minimum atomic E-state index is 0.707. The summed E-state index contributed by atoms with van der Waals surface area (Å²) in [5, 5.41) is 11.1. The molecule has 4 N–H and O–H groups in total. The Morgan fingerprint density at radius 2 is 2.10 bits per heavy atom. The molecule has 2 aromatic rings. The molecule has 0 amide bonds. The zero-order chi connectivity index (χ0) is 15.1. The number of nitrogens with two attached hydrogens (primary N) is 1. The molecular formula is C15H26N6. The second-order valence-corrected chi connectivity index (χ2v) is 5.27. The van der Waals surface area contributed by atoms with Gasteiger partial charge in [-0.3, -0.25) is 0 Å². The van der Waals surface area contributed by atoms with E-state index in [1.807, 2.05) is 24.4 Å². The molecule has 2 rings (SSSR count). The van der Waals surface area contributed by atoms with Gasteiger partial charge in [0, 0.05) is 32.4 Å². The van der Waals surface area contributed by atoms with E-state index < -0.39 is 0 Å². The fourth-order valence-electron chi connectivity index (χ4n) is 2.31. The zero-order valence-corrected chi connectivity index (χ0v) is 13.0. The molecule has 0 bridgehead atoms. The van der Waals surface area contributed by atoms with Crippen LogP contribution in [0.3, 0.4) is 0 Å². The molecular weight excluding hydrogens is 264 g/mol. The lowest BCUT2D eigenvalue weighted by Gasteiger charge is -2.15. The Bertz CT molecular complexity index is 550. The van der Waals surface area contributed by atoms with E-state index in [9.17, 15) is 0 Å². The second kappa shape index (κ2) is 7.85. The van der Waals surface area contributed by atoms with Crippen LogP contribution in [0.15, 0.2) is 24.4 Å². The summed E-state index contributed by atoms with van der Waals surface area (Å²) in [7, 11) is 2.15. The van der Waals surface area contributed by atoms with E-state index in [0.717, 1.165) is 44.1 Å². The smallest absolute Gasteiger partial charge is 0.172 e. The van der Waals surface area contributed by atoms with E-state index in [-0.39, 0.29) is 0 Å². The summed E-state index contributed by atoms with van der Waals surface area (Å²) in [4.78, 5) is 2.33. The number of anilines is 2. The molecule has 0 unspecified atom stereocenters. The van der Waals surface area contributed by atoms with Gasteiger partial charge in [0.1, 0.15) is 5.69 Å². The number of fused-ring (bicyclic) bond motifs is 1. The third-order valence-electron chi connectivity index (χ3n) is 3.45. The molecule has 21 heavy (non-hydrogen) atoms. The van der Waals surface area contributed by atoms with Gasteiger partial charge in [-0.05, 0) is 32.1 Å². The molecule has 0 spiro atoms. The first-order valence-corrected chi connectivity index (χ1v) is 7.58. The molecule has 0 aliphatic heterocycles. The van der Waals surface area contributed by atoms with Crippen molar-refractivity contribution in [2.45, 2.75) is 13.3 Å². The van der Waals surface area contributed by atoms with Crippen LogP contribution in [0.4, 0.5) is 11.5 Å². The number of hydrogen-bond acceptors (Lipinski definition) is 5. The molecule has 0 fully saturated rings. The molecule has 6 heteroatoms. The van der Waals surface area contributed by atoms with Crippen LogP contribution in [-0.4, -0.2) is 54.3 Å². The minimum absolute atomic E-state index is 0.707. The third-order valence-corrected chi connectivity index (χ3v) is 3.45. The van der Waals surface area contributed by atoms with E-state index in [0.29, 0.717) is 5.69 Å². The Hall–Kier alpha value is -1.79. The SMILES string of the molecule is CCCN(C)CCNCCNc1nn2ccccc2c1N. The molecule has 116 valence electrons. The third kappa shape index (κ3) is 4.34. The topological polar surface area (TPSA) is 70.6 Å². The molecule has 6 nitrogen and oxygen atoms in total.